The molecule has 3 heterocycles. The van der Waals surface area contributed by atoms with Crippen LogP contribution < -0.4 is 11.5 Å². The van der Waals surface area contributed by atoms with Gasteiger partial charge in [-0.1, -0.05) is 0 Å². The Bertz CT molecular complexity index is 671. The summed E-state index contributed by atoms with van der Waals surface area (Å²) in [5.74, 6) is 0.955. The number of hydrogen-bond donors (Lipinski definition) is 3. The molecule has 0 aliphatic rings. The number of nitrogens with two attached hydrogens (primary N) is 2. The number of imidazole rings is 1. The fourth-order valence-corrected chi connectivity index (χ4v) is 1.51. The second kappa shape index (κ2) is 3.41. The normalized spacial score (nSPS) is 10.8. The summed E-state index contributed by atoms with van der Waals surface area (Å²) in [6.45, 7) is 0. The quantitative estimate of drug-likeness (QED) is 0.559. The first kappa shape index (κ1) is 9.52. The molecule has 7 heteroatoms. The van der Waals surface area contributed by atoms with Crippen molar-refractivity contribution in [2.24, 2.45) is 0 Å². The molecule has 0 saturated carbocycles. The highest BCUT2D eigenvalue weighted by Gasteiger charge is 2.09. The van der Waals surface area contributed by atoms with Gasteiger partial charge in [0.15, 0.2) is 17.3 Å². The van der Waals surface area contributed by atoms with E-state index in [1.54, 1.807) is 18.3 Å². The van der Waals surface area contributed by atoms with Gasteiger partial charge < -0.3 is 16.5 Å². The summed E-state index contributed by atoms with van der Waals surface area (Å²) in [5, 5.41) is 0. The fraction of sp³-hybridized carbons (Fsp3) is 0. The molecule has 0 radical (unpaired) electrons. The maximum absolute atomic E-state index is 5.71. The number of nitrogen functional groups attached to an aromatic ring is 2. The summed E-state index contributed by atoms with van der Waals surface area (Å²) in [5.41, 5.74) is 13.7. The van der Waals surface area contributed by atoms with Crippen LogP contribution in [0, 0.1) is 0 Å². The van der Waals surface area contributed by atoms with E-state index in [1.807, 2.05) is 0 Å². The Labute approximate surface area is 95.9 Å². The Morgan fingerprint density at radius 2 is 1.94 bits per heavy atom. The van der Waals surface area contributed by atoms with E-state index in [2.05, 4.69) is 24.9 Å². The molecule has 0 fully saturated rings. The summed E-state index contributed by atoms with van der Waals surface area (Å²) < 4.78 is 0. The van der Waals surface area contributed by atoms with Crippen LogP contribution in [0.15, 0.2) is 24.7 Å². The van der Waals surface area contributed by atoms with Gasteiger partial charge in [-0.3, -0.25) is 4.98 Å². The van der Waals surface area contributed by atoms with E-state index in [0.29, 0.717) is 34.2 Å². The number of fused-ring (bicyclic) bond motifs is 1. The van der Waals surface area contributed by atoms with Crippen LogP contribution in [0.2, 0.25) is 0 Å². The Morgan fingerprint density at radius 1 is 1.06 bits per heavy atom. The number of anilines is 2. The third-order valence-corrected chi connectivity index (χ3v) is 2.35. The van der Waals surface area contributed by atoms with Crippen LogP contribution in [0.3, 0.4) is 0 Å². The first-order valence-electron chi connectivity index (χ1n) is 4.92. The lowest BCUT2D eigenvalue weighted by molar-refractivity contribution is 1.20. The smallest absolute Gasteiger partial charge is 0.183 e. The van der Waals surface area contributed by atoms with Crippen LogP contribution in [-0.4, -0.2) is 24.9 Å². The highest BCUT2D eigenvalue weighted by atomic mass is 15.1. The second-order valence-electron chi connectivity index (χ2n) is 3.52. The van der Waals surface area contributed by atoms with Crippen LogP contribution in [0.1, 0.15) is 0 Å². The average Bonchev–Trinajstić information content (AvgIpc) is 2.75. The van der Waals surface area contributed by atoms with Crippen LogP contribution in [0.4, 0.5) is 11.5 Å². The first-order valence-corrected chi connectivity index (χ1v) is 4.92. The zero-order valence-electron chi connectivity index (χ0n) is 8.75. The Balaban J connectivity index is 2.18. The summed E-state index contributed by atoms with van der Waals surface area (Å²) in [7, 11) is 0. The van der Waals surface area contributed by atoms with Crippen molar-refractivity contribution in [2.75, 3.05) is 11.5 Å². The van der Waals surface area contributed by atoms with E-state index in [0.717, 1.165) is 0 Å². The fourth-order valence-electron chi connectivity index (χ4n) is 1.51. The molecule has 3 aromatic heterocycles. The molecular weight excluding hydrogens is 218 g/mol. The van der Waals surface area contributed by atoms with Gasteiger partial charge in [0, 0.05) is 0 Å². The van der Waals surface area contributed by atoms with E-state index in [4.69, 9.17) is 11.5 Å². The zero-order valence-corrected chi connectivity index (χ0v) is 8.75. The Kier molecular flexibility index (Phi) is 1.91. The van der Waals surface area contributed by atoms with Gasteiger partial charge in [0.05, 0.1) is 11.9 Å². The molecular formula is C10H9N7. The molecule has 17 heavy (non-hydrogen) atoms. The minimum atomic E-state index is 0.365. The number of nitrogens with zero attached hydrogens (tertiary/aromatic N) is 4. The molecule has 7 nitrogen and oxygen atoms in total. The third-order valence-electron chi connectivity index (χ3n) is 2.35. The highest BCUT2D eigenvalue weighted by Crippen LogP contribution is 2.20. The van der Waals surface area contributed by atoms with Gasteiger partial charge in [0.25, 0.3) is 0 Å². The number of rotatable bonds is 1. The van der Waals surface area contributed by atoms with Crippen molar-refractivity contribution in [3.63, 3.8) is 0 Å². The van der Waals surface area contributed by atoms with Crippen molar-refractivity contribution < 1.29 is 0 Å². The number of H-pyrrole nitrogens is 1. The van der Waals surface area contributed by atoms with Crippen LogP contribution in [-0.2, 0) is 0 Å². The molecule has 0 bridgehead atoms. The van der Waals surface area contributed by atoms with E-state index in [1.165, 1.54) is 6.33 Å². The van der Waals surface area contributed by atoms with Crippen molar-refractivity contribution in [3.8, 4) is 11.5 Å². The minimum Gasteiger partial charge on any atom is -0.397 e. The number of aromatic nitrogens is 5. The average molecular weight is 227 g/mol. The van der Waals surface area contributed by atoms with Gasteiger partial charge in [0.2, 0.25) is 0 Å². The van der Waals surface area contributed by atoms with Gasteiger partial charge in [-0.2, -0.15) is 0 Å². The van der Waals surface area contributed by atoms with Crippen molar-refractivity contribution in [1.82, 2.24) is 24.9 Å². The first-order chi connectivity index (χ1) is 8.24. The van der Waals surface area contributed by atoms with E-state index >= 15 is 0 Å². The SMILES string of the molecule is Nc1ccc(-c2nc3ncnc(N)c3[nH]2)nc1. The van der Waals surface area contributed by atoms with Crippen LogP contribution in [0.25, 0.3) is 22.7 Å². The predicted octanol–water partition coefficient (Wildman–Crippen LogP) is 0.579. The van der Waals surface area contributed by atoms with E-state index < -0.39 is 0 Å². The summed E-state index contributed by atoms with van der Waals surface area (Å²) >= 11 is 0. The van der Waals surface area contributed by atoms with Gasteiger partial charge in [-0.15, -0.1) is 0 Å². The monoisotopic (exact) mass is 227 g/mol. The van der Waals surface area contributed by atoms with E-state index in [-0.39, 0.29) is 0 Å². The molecule has 84 valence electrons. The molecule has 0 saturated heterocycles. The predicted molar refractivity (Wildman–Crippen MR) is 63.7 cm³/mol. The largest absolute Gasteiger partial charge is 0.397 e. The van der Waals surface area contributed by atoms with Gasteiger partial charge in [-0.05, 0) is 12.1 Å². The van der Waals surface area contributed by atoms with Crippen LogP contribution >= 0.6 is 0 Å². The minimum absolute atomic E-state index is 0.365. The molecule has 0 amide bonds. The van der Waals surface area contributed by atoms with Crippen molar-refractivity contribution >= 4 is 22.7 Å². The molecule has 0 aliphatic carbocycles. The highest BCUT2D eigenvalue weighted by molar-refractivity contribution is 5.83. The second-order valence-corrected chi connectivity index (χ2v) is 3.52. The van der Waals surface area contributed by atoms with Gasteiger partial charge in [0.1, 0.15) is 17.5 Å². The van der Waals surface area contributed by atoms with E-state index in [9.17, 15) is 0 Å². The molecule has 0 unspecified atom stereocenters. The number of aromatic amines is 1. The number of nitrogens with one attached hydrogen (secondary N) is 1. The lowest BCUT2D eigenvalue weighted by Gasteiger charge is -1.95. The number of pyridine rings is 1. The molecule has 0 aliphatic heterocycles. The maximum Gasteiger partial charge on any atom is 0.183 e. The van der Waals surface area contributed by atoms with Crippen molar-refractivity contribution in [2.45, 2.75) is 0 Å². The molecule has 0 atom stereocenters. The molecule has 3 aromatic rings. The maximum atomic E-state index is 5.71. The molecule has 0 spiro atoms. The summed E-state index contributed by atoms with van der Waals surface area (Å²) in [6, 6.07) is 3.53. The summed E-state index contributed by atoms with van der Waals surface area (Å²) in [6.07, 6.45) is 2.94. The Morgan fingerprint density at radius 3 is 2.65 bits per heavy atom. The van der Waals surface area contributed by atoms with Gasteiger partial charge >= 0.3 is 0 Å². The molecule has 5 N–H and O–H groups in total. The lowest BCUT2D eigenvalue weighted by atomic mass is 10.3. The third kappa shape index (κ3) is 1.53. The zero-order chi connectivity index (χ0) is 11.8. The molecule has 0 aromatic carbocycles. The summed E-state index contributed by atoms with van der Waals surface area (Å²) in [4.78, 5) is 19.4. The van der Waals surface area contributed by atoms with Crippen LogP contribution in [0.5, 0.6) is 0 Å². The van der Waals surface area contributed by atoms with Crippen molar-refractivity contribution in [3.05, 3.63) is 24.7 Å². The molecule has 3 rings (SSSR count). The standard InChI is InChI=1S/C10H9N7/c11-5-1-2-6(13-3-5)9-16-7-8(12)14-4-15-10(7)17-9/h1-4H,11H2,(H3,12,14,15,16,17). The lowest BCUT2D eigenvalue weighted by Crippen LogP contribution is -1.91. The number of hydrogen-bond acceptors (Lipinski definition) is 6. The Hall–Kier alpha value is -2.70. The topological polar surface area (TPSA) is 119 Å². The van der Waals surface area contributed by atoms with Gasteiger partial charge in [-0.25, -0.2) is 15.0 Å². The van der Waals surface area contributed by atoms with Crippen molar-refractivity contribution in [1.29, 1.82) is 0 Å².